The van der Waals surface area contributed by atoms with Gasteiger partial charge in [0.15, 0.2) is 5.69 Å². The predicted molar refractivity (Wildman–Crippen MR) is 120 cm³/mol. The normalized spacial score (nSPS) is 12.2. The third-order valence-electron chi connectivity index (χ3n) is 5.25. The van der Waals surface area contributed by atoms with Crippen LogP contribution < -0.4 is 11.1 Å². The van der Waals surface area contributed by atoms with E-state index in [0.29, 0.717) is 17.7 Å². The molecule has 0 spiro atoms. The van der Waals surface area contributed by atoms with Gasteiger partial charge in [-0.05, 0) is 48.1 Å². The number of hydrogen-bond acceptors (Lipinski definition) is 5. The van der Waals surface area contributed by atoms with Crippen molar-refractivity contribution in [2.45, 2.75) is 12.8 Å². The summed E-state index contributed by atoms with van der Waals surface area (Å²) in [6.07, 6.45) is 4.37. The minimum atomic E-state index is -0.550. The number of fused-ring (bicyclic) bond motifs is 3. The minimum absolute atomic E-state index is 0.280. The van der Waals surface area contributed by atoms with Gasteiger partial charge in [0, 0.05) is 34.6 Å². The second-order valence-corrected chi connectivity index (χ2v) is 8.30. The largest absolute Gasteiger partial charge is 0.364 e. The number of carbonyl (C=O) groups excluding carboxylic acids is 2. The fourth-order valence-corrected chi connectivity index (χ4v) is 4.66. The van der Waals surface area contributed by atoms with Crippen molar-refractivity contribution in [3.63, 3.8) is 0 Å². The maximum Gasteiger partial charge on any atom is 0.269 e. The number of benzene rings is 1. The SMILES string of the molecule is NC(=O)c1nn(-c2ccsc2)c2c1CCc1ccc(NC(=O)c3ccncc3Cl)cc1-2. The van der Waals surface area contributed by atoms with Crippen LogP contribution in [0.1, 0.15) is 32.0 Å². The van der Waals surface area contributed by atoms with Crippen LogP contribution >= 0.6 is 22.9 Å². The average molecular weight is 450 g/mol. The zero-order chi connectivity index (χ0) is 21.5. The van der Waals surface area contributed by atoms with E-state index in [4.69, 9.17) is 17.3 Å². The fourth-order valence-electron chi connectivity index (χ4n) is 3.84. The predicted octanol–water partition coefficient (Wildman–Crippen LogP) is 4.10. The number of primary amides is 1. The summed E-state index contributed by atoms with van der Waals surface area (Å²) in [6, 6.07) is 9.25. The number of hydrogen-bond donors (Lipinski definition) is 2. The number of halogens is 1. The number of nitrogens with one attached hydrogen (secondary N) is 1. The van der Waals surface area contributed by atoms with Crippen LogP contribution in [-0.4, -0.2) is 26.6 Å². The van der Waals surface area contributed by atoms with Gasteiger partial charge in [-0.25, -0.2) is 4.68 Å². The van der Waals surface area contributed by atoms with Gasteiger partial charge in [-0.15, -0.1) is 0 Å². The summed E-state index contributed by atoms with van der Waals surface area (Å²) >= 11 is 7.64. The third-order valence-corrected chi connectivity index (χ3v) is 6.22. The van der Waals surface area contributed by atoms with E-state index in [2.05, 4.69) is 15.4 Å². The zero-order valence-corrected chi connectivity index (χ0v) is 17.7. The molecule has 1 aliphatic carbocycles. The third kappa shape index (κ3) is 3.39. The molecule has 0 saturated carbocycles. The minimum Gasteiger partial charge on any atom is -0.364 e. The van der Waals surface area contributed by atoms with E-state index in [0.717, 1.165) is 34.5 Å². The highest BCUT2D eigenvalue weighted by Crippen LogP contribution is 2.38. The van der Waals surface area contributed by atoms with Gasteiger partial charge in [0.05, 0.1) is 22.0 Å². The van der Waals surface area contributed by atoms with Crippen molar-refractivity contribution in [3.8, 4) is 16.9 Å². The molecule has 4 aromatic rings. The van der Waals surface area contributed by atoms with Gasteiger partial charge < -0.3 is 11.1 Å². The van der Waals surface area contributed by atoms with E-state index >= 15 is 0 Å². The van der Waals surface area contributed by atoms with Crippen LogP contribution in [0.2, 0.25) is 5.02 Å². The maximum atomic E-state index is 12.7. The Morgan fingerprint density at radius 3 is 2.81 bits per heavy atom. The Bertz CT molecular complexity index is 1330. The molecule has 0 radical (unpaired) electrons. The molecule has 0 unspecified atom stereocenters. The summed E-state index contributed by atoms with van der Waals surface area (Å²) in [6.45, 7) is 0. The molecule has 31 heavy (non-hydrogen) atoms. The van der Waals surface area contributed by atoms with Crippen LogP contribution in [0.4, 0.5) is 5.69 Å². The lowest BCUT2D eigenvalue weighted by Gasteiger charge is -2.20. The highest BCUT2D eigenvalue weighted by molar-refractivity contribution is 7.08. The molecule has 0 saturated heterocycles. The van der Waals surface area contributed by atoms with Crippen LogP contribution in [0.5, 0.6) is 0 Å². The van der Waals surface area contributed by atoms with Gasteiger partial charge in [-0.3, -0.25) is 14.6 Å². The van der Waals surface area contributed by atoms with Crippen LogP contribution in [0, 0.1) is 0 Å². The van der Waals surface area contributed by atoms with Gasteiger partial charge >= 0.3 is 0 Å². The zero-order valence-electron chi connectivity index (χ0n) is 16.1. The molecule has 7 nitrogen and oxygen atoms in total. The topological polar surface area (TPSA) is 103 Å². The van der Waals surface area contributed by atoms with Gasteiger partial charge in [0.2, 0.25) is 0 Å². The summed E-state index contributed by atoms with van der Waals surface area (Å²) in [5.41, 5.74) is 11.4. The van der Waals surface area contributed by atoms with Crippen molar-refractivity contribution in [1.29, 1.82) is 0 Å². The number of aromatic nitrogens is 3. The number of anilines is 1. The van der Waals surface area contributed by atoms with Gasteiger partial charge in [-0.2, -0.15) is 16.4 Å². The molecule has 9 heteroatoms. The molecule has 0 fully saturated rings. The van der Waals surface area contributed by atoms with E-state index < -0.39 is 5.91 Å². The molecule has 3 N–H and O–H groups in total. The Morgan fingerprint density at radius 2 is 2.06 bits per heavy atom. The quantitative estimate of drug-likeness (QED) is 0.489. The van der Waals surface area contributed by atoms with Crippen molar-refractivity contribution >= 4 is 40.4 Å². The highest BCUT2D eigenvalue weighted by Gasteiger charge is 2.28. The number of thiophene rings is 1. The molecule has 3 aromatic heterocycles. The lowest BCUT2D eigenvalue weighted by molar-refractivity contribution is 0.0992. The summed E-state index contributed by atoms with van der Waals surface area (Å²) in [7, 11) is 0. The standard InChI is InChI=1S/C22H16ClN5O2S/c23-18-10-25-7-5-15(18)22(30)26-13-3-1-12-2-4-16-19(21(24)29)27-28(14-6-8-31-11-14)20(16)17(12)9-13/h1,3,5-11H,2,4H2,(H2,24,29)(H,26,30). The second-order valence-electron chi connectivity index (χ2n) is 7.11. The Balaban J connectivity index is 1.60. The Kier molecular flexibility index (Phi) is 4.80. The van der Waals surface area contributed by atoms with Crippen molar-refractivity contribution < 1.29 is 9.59 Å². The van der Waals surface area contributed by atoms with E-state index in [9.17, 15) is 9.59 Å². The van der Waals surface area contributed by atoms with Crippen LogP contribution in [0.25, 0.3) is 16.9 Å². The number of pyridine rings is 1. The first-order valence-corrected chi connectivity index (χ1v) is 10.8. The number of rotatable bonds is 4. The molecule has 0 atom stereocenters. The molecule has 0 aliphatic heterocycles. The van der Waals surface area contributed by atoms with Crippen LogP contribution in [-0.2, 0) is 12.8 Å². The van der Waals surface area contributed by atoms with Gasteiger partial charge in [0.1, 0.15) is 0 Å². The fraction of sp³-hybridized carbons (Fsp3) is 0.0909. The van der Waals surface area contributed by atoms with E-state index in [1.165, 1.54) is 12.4 Å². The van der Waals surface area contributed by atoms with E-state index in [-0.39, 0.29) is 16.6 Å². The van der Waals surface area contributed by atoms with Crippen LogP contribution in [0.3, 0.4) is 0 Å². The number of carbonyl (C=O) groups is 2. The number of nitrogens with zero attached hydrogens (tertiary/aromatic N) is 3. The second kappa shape index (κ2) is 7.64. The molecule has 154 valence electrons. The highest BCUT2D eigenvalue weighted by atomic mass is 35.5. The maximum absolute atomic E-state index is 12.7. The summed E-state index contributed by atoms with van der Waals surface area (Å²) in [5, 5.41) is 11.6. The molecule has 1 aromatic carbocycles. The molecule has 2 amide bonds. The molecular weight excluding hydrogens is 434 g/mol. The molecule has 5 rings (SSSR count). The summed E-state index contributed by atoms with van der Waals surface area (Å²) in [4.78, 5) is 28.6. The van der Waals surface area contributed by atoms with E-state index in [1.54, 1.807) is 22.1 Å². The summed E-state index contributed by atoms with van der Waals surface area (Å²) in [5.74, 6) is -0.877. The van der Waals surface area contributed by atoms with Crippen molar-refractivity contribution in [2.75, 3.05) is 5.32 Å². The molecule has 3 heterocycles. The molecule has 0 bridgehead atoms. The Labute approximate surface area is 186 Å². The average Bonchev–Trinajstić information content (AvgIpc) is 3.41. The van der Waals surface area contributed by atoms with Crippen molar-refractivity contribution in [1.82, 2.24) is 14.8 Å². The van der Waals surface area contributed by atoms with Crippen molar-refractivity contribution in [2.24, 2.45) is 5.73 Å². The Morgan fingerprint density at radius 1 is 1.19 bits per heavy atom. The van der Waals surface area contributed by atoms with Crippen molar-refractivity contribution in [3.05, 3.63) is 80.9 Å². The smallest absolute Gasteiger partial charge is 0.269 e. The van der Waals surface area contributed by atoms with E-state index in [1.807, 2.05) is 35.0 Å². The first-order chi connectivity index (χ1) is 15.0. The number of amides is 2. The van der Waals surface area contributed by atoms with Gasteiger partial charge in [0.25, 0.3) is 11.8 Å². The monoisotopic (exact) mass is 449 g/mol. The number of aryl methyl sites for hydroxylation is 1. The molecular formula is C22H16ClN5O2S. The lowest BCUT2D eigenvalue weighted by atomic mass is 9.88. The summed E-state index contributed by atoms with van der Waals surface area (Å²) < 4.78 is 1.76. The lowest BCUT2D eigenvalue weighted by Crippen LogP contribution is -2.16. The molecule has 1 aliphatic rings. The number of nitrogens with two attached hydrogens (primary N) is 1. The van der Waals surface area contributed by atoms with Gasteiger partial charge in [-0.1, -0.05) is 17.7 Å². The first-order valence-electron chi connectivity index (χ1n) is 9.51. The van der Waals surface area contributed by atoms with Crippen LogP contribution in [0.15, 0.2) is 53.5 Å². The Hall–Kier alpha value is -3.49. The first kappa shape index (κ1) is 19.5.